The largest absolute Gasteiger partial charge is 0.456 e. The lowest BCUT2D eigenvalue weighted by Crippen LogP contribution is -2.15. The van der Waals surface area contributed by atoms with E-state index in [-0.39, 0.29) is 5.41 Å². The monoisotopic (exact) mass is 653 g/mol. The Kier molecular flexibility index (Phi) is 6.56. The smallest absolute Gasteiger partial charge is 0.136 e. The van der Waals surface area contributed by atoms with E-state index in [0.717, 1.165) is 33.6 Å². The average molecular weight is 654 g/mol. The molecule has 9 aromatic rings. The Bertz CT molecular complexity index is 2770. The van der Waals surface area contributed by atoms with Crippen molar-refractivity contribution in [2.45, 2.75) is 19.3 Å². The maximum atomic E-state index is 6.22. The first-order chi connectivity index (χ1) is 25.0. The van der Waals surface area contributed by atoms with Crippen LogP contribution in [-0.2, 0) is 5.41 Å². The van der Waals surface area contributed by atoms with Gasteiger partial charge in [0.25, 0.3) is 0 Å². The molecule has 0 radical (unpaired) electrons. The molecule has 2 nitrogen and oxygen atoms in total. The first-order valence-corrected chi connectivity index (χ1v) is 17.7. The van der Waals surface area contributed by atoms with Crippen LogP contribution < -0.4 is 4.90 Å². The molecule has 242 valence electrons. The quantitative estimate of drug-likeness (QED) is 0.184. The van der Waals surface area contributed by atoms with E-state index in [0.29, 0.717) is 0 Å². The summed E-state index contributed by atoms with van der Waals surface area (Å²) in [5.74, 6) is 0. The molecule has 0 N–H and O–H groups in total. The van der Waals surface area contributed by atoms with Crippen LogP contribution in [0.15, 0.2) is 180 Å². The second-order valence-electron chi connectivity index (χ2n) is 14.2. The van der Waals surface area contributed by atoms with Gasteiger partial charge < -0.3 is 9.32 Å². The molecule has 0 bridgehead atoms. The summed E-state index contributed by atoms with van der Waals surface area (Å²) in [5, 5.41) is 4.74. The fraction of sp³-hybridized carbons (Fsp3) is 0.0612. The highest BCUT2D eigenvalue weighted by Crippen LogP contribution is 2.50. The summed E-state index contributed by atoms with van der Waals surface area (Å²) in [5.41, 5.74) is 15.3. The van der Waals surface area contributed by atoms with Gasteiger partial charge in [0.1, 0.15) is 11.2 Å². The van der Waals surface area contributed by atoms with Crippen LogP contribution in [0.3, 0.4) is 0 Å². The van der Waals surface area contributed by atoms with Gasteiger partial charge in [0, 0.05) is 33.2 Å². The van der Waals surface area contributed by atoms with Crippen LogP contribution in [0.2, 0.25) is 0 Å². The Labute approximate surface area is 297 Å². The highest BCUT2D eigenvalue weighted by atomic mass is 16.3. The Morgan fingerprint density at radius 1 is 0.412 bits per heavy atom. The summed E-state index contributed by atoms with van der Waals surface area (Å²) in [4.78, 5) is 2.39. The van der Waals surface area contributed by atoms with Crippen LogP contribution in [0.1, 0.15) is 25.0 Å². The van der Waals surface area contributed by atoms with E-state index in [1.165, 1.54) is 60.7 Å². The van der Waals surface area contributed by atoms with Gasteiger partial charge >= 0.3 is 0 Å². The van der Waals surface area contributed by atoms with Crippen molar-refractivity contribution in [3.8, 4) is 33.4 Å². The highest BCUT2D eigenvalue weighted by Gasteiger charge is 2.35. The Morgan fingerprint density at radius 3 is 1.94 bits per heavy atom. The van der Waals surface area contributed by atoms with Gasteiger partial charge in [-0.05, 0) is 110 Å². The molecule has 0 amide bonds. The van der Waals surface area contributed by atoms with E-state index in [1.54, 1.807) is 0 Å². The van der Waals surface area contributed by atoms with E-state index in [9.17, 15) is 0 Å². The molecule has 0 saturated carbocycles. The van der Waals surface area contributed by atoms with Crippen molar-refractivity contribution in [3.05, 3.63) is 187 Å². The predicted molar refractivity (Wildman–Crippen MR) is 214 cm³/mol. The summed E-state index contributed by atoms with van der Waals surface area (Å²) in [6.07, 6.45) is 0. The molecular weight excluding hydrogens is 619 g/mol. The topological polar surface area (TPSA) is 16.4 Å². The van der Waals surface area contributed by atoms with E-state index in [1.807, 2.05) is 12.1 Å². The molecule has 1 aliphatic rings. The fourth-order valence-corrected chi connectivity index (χ4v) is 8.28. The molecule has 2 heteroatoms. The zero-order valence-corrected chi connectivity index (χ0v) is 28.6. The van der Waals surface area contributed by atoms with Crippen molar-refractivity contribution in [2.24, 2.45) is 0 Å². The summed E-state index contributed by atoms with van der Waals surface area (Å²) in [7, 11) is 0. The first kappa shape index (κ1) is 29.5. The standard InChI is InChI=1S/C49H35NO/c1-49(2)44-17-8-6-15-40(44)43-31-39(26-27-45(43)49)50(38-14-10-13-35(29-38)32-11-4-3-5-12-32)37-24-21-33(22-25-37)36-20-19-34-23-28-47-48(42(34)30-36)41-16-7-9-18-46(41)51-47/h3-31H,1-2H3. The minimum absolute atomic E-state index is 0.0433. The second kappa shape index (κ2) is 11.3. The van der Waals surface area contributed by atoms with Gasteiger partial charge in [-0.1, -0.05) is 135 Å². The first-order valence-electron chi connectivity index (χ1n) is 17.7. The Balaban J connectivity index is 1.10. The van der Waals surface area contributed by atoms with Crippen molar-refractivity contribution < 1.29 is 4.42 Å². The summed E-state index contributed by atoms with van der Waals surface area (Å²) in [6, 6.07) is 63.7. The molecule has 0 spiro atoms. The molecule has 0 aliphatic heterocycles. The fourth-order valence-electron chi connectivity index (χ4n) is 8.28. The van der Waals surface area contributed by atoms with Crippen LogP contribution in [-0.4, -0.2) is 0 Å². The molecule has 0 fully saturated rings. The molecule has 1 aromatic heterocycles. The molecule has 0 unspecified atom stereocenters. The van der Waals surface area contributed by atoms with Gasteiger partial charge in [-0.3, -0.25) is 0 Å². The number of para-hydroxylation sites is 1. The van der Waals surface area contributed by atoms with Crippen molar-refractivity contribution in [3.63, 3.8) is 0 Å². The maximum absolute atomic E-state index is 6.22. The van der Waals surface area contributed by atoms with Crippen LogP contribution in [0, 0.1) is 0 Å². The number of furan rings is 1. The minimum Gasteiger partial charge on any atom is -0.456 e. The third-order valence-corrected chi connectivity index (χ3v) is 10.9. The lowest BCUT2D eigenvalue weighted by Gasteiger charge is -2.28. The third-order valence-electron chi connectivity index (χ3n) is 10.9. The summed E-state index contributed by atoms with van der Waals surface area (Å²) >= 11 is 0. The lowest BCUT2D eigenvalue weighted by atomic mass is 9.82. The minimum atomic E-state index is -0.0433. The number of fused-ring (bicyclic) bond motifs is 8. The van der Waals surface area contributed by atoms with Crippen LogP contribution in [0.4, 0.5) is 17.1 Å². The van der Waals surface area contributed by atoms with Crippen molar-refractivity contribution >= 4 is 49.8 Å². The third kappa shape index (κ3) is 4.71. The zero-order chi connectivity index (χ0) is 34.1. The van der Waals surface area contributed by atoms with Gasteiger partial charge in [0.05, 0.1) is 0 Å². The number of hydrogen-bond donors (Lipinski definition) is 0. The molecule has 51 heavy (non-hydrogen) atoms. The number of hydrogen-bond acceptors (Lipinski definition) is 2. The van der Waals surface area contributed by atoms with Crippen LogP contribution >= 0.6 is 0 Å². The number of anilines is 3. The van der Waals surface area contributed by atoms with Gasteiger partial charge in [0.2, 0.25) is 0 Å². The zero-order valence-electron chi connectivity index (χ0n) is 28.6. The van der Waals surface area contributed by atoms with Crippen molar-refractivity contribution in [2.75, 3.05) is 4.90 Å². The van der Waals surface area contributed by atoms with Gasteiger partial charge in [0.15, 0.2) is 0 Å². The number of benzene rings is 8. The SMILES string of the molecule is CC1(C)c2ccccc2-c2cc(N(c3ccc(-c4ccc5ccc6oc7ccccc7c6c5c4)cc3)c3cccc(-c4ccccc4)c3)ccc21. The van der Waals surface area contributed by atoms with E-state index in [2.05, 4.69) is 183 Å². The second-order valence-corrected chi connectivity index (χ2v) is 14.2. The number of nitrogens with zero attached hydrogens (tertiary/aromatic N) is 1. The summed E-state index contributed by atoms with van der Waals surface area (Å²) in [6.45, 7) is 4.67. The predicted octanol–water partition coefficient (Wildman–Crippen LogP) is 13.8. The molecule has 0 atom stereocenters. The van der Waals surface area contributed by atoms with Crippen molar-refractivity contribution in [1.82, 2.24) is 0 Å². The van der Waals surface area contributed by atoms with Gasteiger partial charge in [-0.15, -0.1) is 0 Å². The van der Waals surface area contributed by atoms with E-state index in [4.69, 9.17) is 4.42 Å². The van der Waals surface area contributed by atoms with E-state index >= 15 is 0 Å². The number of rotatable bonds is 5. The van der Waals surface area contributed by atoms with Gasteiger partial charge in [-0.25, -0.2) is 0 Å². The average Bonchev–Trinajstić information content (AvgIpc) is 3.68. The Morgan fingerprint density at radius 2 is 1.06 bits per heavy atom. The molecule has 0 saturated heterocycles. The molecule has 8 aromatic carbocycles. The van der Waals surface area contributed by atoms with Crippen molar-refractivity contribution in [1.29, 1.82) is 0 Å². The van der Waals surface area contributed by atoms with Gasteiger partial charge in [-0.2, -0.15) is 0 Å². The maximum Gasteiger partial charge on any atom is 0.136 e. The normalized spacial score (nSPS) is 13.1. The van der Waals surface area contributed by atoms with Crippen LogP contribution in [0.25, 0.3) is 66.1 Å². The van der Waals surface area contributed by atoms with Crippen LogP contribution in [0.5, 0.6) is 0 Å². The molecule has 10 rings (SSSR count). The molecule has 1 aliphatic carbocycles. The Hall–Kier alpha value is -6.38. The summed E-state index contributed by atoms with van der Waals surface area (Å²) < 4.78 is 6.22. The van der Waals surface area contributed by atoms with E-state index < -0.39 is 0 Å². The molecule has 1 heterocycles. The molecular formula is C49H35NO. The lowest BCUT2D eigenvalue weighted by molar-refractivity contribution is 0.660. The highest BCUT2D eigenvalue weighted by molar-refractivity contribution is 6.19.